The van der Waals surface area contributed by atoms with E-state index in [1.807, 2.05) is 30.3 Å². The van der Waals surface area contributed by atoms with Gasteiger partial charge >= 0.3 is 0 Å². The van der Waals surface area contributed by atoms with Crippen LogP contribution in [-0.2, 0) is 30.9 Å². The Balaban J connectivity index is 1.42. The molecule has 2 amide bonds. The van der Waals surface area contributed by atoms with Crippen LogP contribution in [0.25, 0.3) is 0 Å². The first-order chi connectivity index (χ1) is 18.8. The molecule has 4 rings (SSSR count). The summed E-state index contributed by atoms with van der Waals surface area (Å²) < 4.78 is 43.6. The number of anilines is 1. The summed E-state index contributed by atoms with van der Waals surface area (Å²) in [4.78, 5) is 27.5. The third-order valence-corrected chi connectivity index (χ3v) is 7.59. The van der Waals surface area contributed by atoms with Gasteiger partial charge in [0.1, 0.15) is 11.5 Å². The molecule has 0 spiro atoms. The number of halogens is 1. The molecule has 1 unspecified atom stereocenters. The molecule has 39 heavy (non-hydrogen) atoms. The van der Waals surface area contributed by atoms with E-state index in [0.717, 1.165) is 5.56 Å². The molecule has 0 bridgehead atoms. The lowest BCUT2D eigenvalue weighted by Crippen LogP contribution is -2.51. The van der Waals surface area contributed by atoms with Crippen molar-refractivity contribution in [3.63, 3.8) is 0 Å². The van der Waals surface area contributed by atoms with Gasteiger partial charge in [0, 0.05) is 20.2 Å². The predicted molar refractivity (Wildman–Crippen MR) is 146 cm³/mol. The molecular weight excluding hydrogens is 546 g/mol. The fraction of sp³-hybridized carbons (Fsp3) is 0.259. The number of hydrogen-bond acceptors (Lipinski definition) is 7. The summed E-state index contributed by atoms with van der Waals surface area (Å²) in [6, 6.07) is 20.3. The number of para-hydroxylation sites is 2. The van der Waals surface area contributed by atoms with E-state index >= 15 is 0 Å². The zero-order valence-electron chi connectivity index (χ0n) is 21.1. The van der Waals surface area contributed by atoms with Gasteiger partial charge < -0.3 is 24.4 Å². The smallest absolute Gasteiger partial charge is 0.265 e. The third-order valence-electron chi connectivity index (χ3n) is 5.84. The molecule has 1 aliphatic heterocycles. The van der Waals surface area contributed by atoms with Crippen LogP contribution in [0.2, 0.25) is 5.02 Å². The molecular formula is C27H28ClN3O7S. The van der Waals surface area contributed by atoms with Crippen LogP contribution in [0.4, 0.5) is 5.69 Å². The lowest BCUT2D eigenvalue weighted by atomic mass is 10.1. The van der Waals surface area contributed by atoms with Crippen LogP contribution in [0, 0.1) is 0 Å². The Morgan fingerprint density at radius 1 is 1.08 bits per heavy atom. The van der Waals surface area contributed by atoms with E-state index in [2.05, 4.69) is 10.0 Å². The quantitative estimate of drug-likeness (QED) is 0.338. The number of carbonyl (C=O) groups is 2. The number of fused-ring (bicyclic) bond motifs is 1. The van der Waals surface area contributed by atoms with E-state index in [1.165, 1.54) is 30.2 Å². The molecule has 10 nitrogen and oxygen atoms in total. The number of amides is 2. The lowest BCUT2D eigenvalue weighted by molar-refractivity contribution is -0.128. The van der Waals surface area contributed by atoms with Gasteiger partial charge in [-0.2, -0.15) is 0 Å². The average molecular weight is 574 g/mol. The SMILES string of the molecule is COCCNS(=O)(=O)c1ccc(OCC(=O)N2CC(C(=O)NCc3ccccc3)Oc3ccccc32)c(Cl)c1. The van der Waals surface area contributed by atoms with E-state index < -0.39 is 28.6 Å². The van der Waals surface area contributed by atoms with Gasteiger partial charge in [-0.05, 0) is 35.9 Å². The molecule has 206 valence electrons. The number of carbonyl (C=O) groups excluding carboxylic acids is 2. The molecule has 12 heteroatoms. The Kier molecular flexibility index (Phi) is 9.41. The maximum atomic E-state index is 13.2. The first-order valence-corrected chi connectivity index (χ1v) is 13.9. The molecule has 3 aromatic rings. The molecule has 2 N–H and O–H groups in total. The van der Waals surface area contributed by atoms with Gasteiger partial charge in [-0.3, -0.25) is 9.59 Å². The van der Waals surface area contributed by atoms with Crippen molar-refractivity contribution in [1.29, 1.82) is 0 Å². The second-order valence-electron chi connectivity index (χ2n) is 8.55. The fourth-order valence-corrected chi connectivity index (χ4v) is 5.19. The highest BCUT2D eigenvalue weighted by molar-refractivity contribution is 7.89. The maximum Gasteiger partial charge on any atom is 0.265 e. The Labute approximate surface area is 231 Å². The summed E-state index contributed by atoms with van der Waals surface area (Å²) in [5.74, 6) is -0.253. The standard InChI is InChI=1S/C27H28ClN3O7S/c1-36-14-13-30-39(34,35)20-11-12-23(21(28)15-20)37-18-26(32)31-17-25(38-24-10-6-5-9-22(24)31)27(33)29-16-19-7-3-2-4-8-19/h2-12,15,25,30H,13-14,16-18H2,1H3,(H,29,33). The molecule has 1 aliphatic rings. The zero-order chi connectivity index (χ0) is 27.8. The highest BCUT2D eigenvalue weighted by atomic mass is 35.5. The van der Waals surface area contributed by atoms with Crippen molar-refractivity contribution >= 4 is 39.1 Å². The molecule has 0 saturated carbocycles. The van der Waals surface area contributed by atoms with E-state index in [1.54, 1.807) is 24.3 Å². The van der Waals surface area contributed by atoms with Crippen LogP contribution in [0.5, 0.6) is 11.5 Å². The topological polar surface area (TPSA) is 123 Å². The van der Waals surface area contributed by atoms with Gasteiger partial charge in [-0.25, -0.2) is 13.1 Å². The Morgan fingerprint density at radius 3 is 2.56 bits per heavy atom. The number of nitrogens with one attached hydrogen (secondary N) is 2. The van der Waals surface area contributed by atoms with Crippen LogP contribution in [0.15, 0.2) is 77.7 Å². The third kappa shape index (κ3) is 7.27. The molecule has 3 aromatic carbocycles. The van der Waals surface area contributed by atoms with Gasteiger partial charge in [0.2, 0.25) is 10.0 Å². The van der Waals surface area contributed by atoms with E-state index in [9.17, 15) is 18.0 Å². The van der Waals surface area contributed by atoms with Crippen LogP contribution in [0.1, 0.15) is 5.56 Å². The predicted octanol–water partition coefficient (Wildman–Crippen LogP) is 2.75. The van der Waals surface area contributed by atoms with Gasteiger partial charge in [0.05, 0.1) is 28.8 Å². The summed E-state index contributed by atoms with van der Waals surface area (Å²) in [6.45, 7) is 0.235. The van der Waals surface area contributed by atoms with Crippen molar-refractivity contribution in [2.75, 3.05) is 38.3 Å². The molecule has 1 heterocycles. The van der Waals surface area contributed by atoms with Crippen molar-refractivity contribution in [1.82, 2.24) is 10.0 Å². The molecule has 0 fully saturated rings. The minimum Gasteiger partial charge on any atom is -0.482 e. The Hall–Kier alpha value is -3.64. The van der Waals surface area contributed by atoms with Gasteiger partial charge in [0.15, 0.2) is 12.7 Å². The van der Waals surface area contributed by atoms with Crippen LogP contribution in [0.3, 0.4) is 0 Å². The average Bonchev–Trinajstić information content (AvgIpc) is 2.95. The van der Waals surface area contributed by atoms with Crippen LogP contribution >= 0.6 is 11.6 Å². The second kappa shape index (κ2) is 12.9. The van der Waals surface area contributed by atoms with Gasteiger partial charge in [-0.1, -0.05) is 54.1 Å². The molecule has 0 aromatic heterocycles. The van der Waals surface area contributed by atoms with E-state index in [-0.39, 0.29) is 41.3 Å². The monoisotopic (exact) mass is 573 g/mol. The fourth-order valence-electron chi connectivity index (χ4n) is 3.85. The van der Waals surface area contributed by atoms with E-state index in [4.69, 9.17) is 25.8 Å². The van der Waals surface area contributed by atoms with Crippen LogP contribution in [-0.4, -0.2) is 59.7 Å². The van der Waals surface area contributed by atoms with Crippen molar-refractivity contribution in [2.24, 2.45) is 0 Å². The number of benzene rings is 3. The summed E-state index contributed by atoms with van der Waals surface area (Å²) in [5.41, 5.74) is 1.44. The van der Waals surface area contributed by atoms with Crippen molar-refractivity contribution in [3.8, 4) is 11.5 Å². The second-order valence-corrected chi connectivity index (χ2v) is 10.7. The lowest BCUT2D eigenvalue weighted by Gasteiger charge is -2.34. The van der Waals surface area contributed by atoms with Gasteiger partial charge in [-0.15, -0.1) is 0 Å². The minimum atomic E-state index is -3.79. The molecule has 1 atom stereocenters. The number of sulfonamides is 1. The van der Waals surface area contributed by atoms with Crippen LogP contribution < -0.4 is 24.4 Å². The number of rotatable bonds is 11. The highest BCUT2D eigenvalue weighted by Gasteiger charge is 2.34. The van der Waals surface area contributed by atoms with Crippen molar-refractivity contribution < 1.29 is 32.2 Å². The Morgan fingerprint density at radius 2 is 1.82 bits per heavy atom. The summed E-state index contributed by atoms with van der Waals surface area (Å²) in [6.07, 6.45) is -0.925. The molecule has 0 radical (unpaired) electrons. The maximum absolute atomic E-state index is 13.2. The van der Waals surface area contributed by atoms with Crippen molar-refractivity contribution in [3.05, 3.63) is 83.4 Å². The number of hydrogen-bond donors (Lipinski definition) is 2. The summed E-state index contributed by atoms with van der Waals surface area (Å²) in [7, 11) is -2.32. The Bertz CT molecular complexity index is 1420. The largest absolute Gasteiger partial charge is 0.482 e. The number of ether oxygens (including phenoxy) is 3. The molecule has 0 saturated heterocycles. The minimum absolute atomic E-state index is 0.0160. The zero-order valence-corrected chi connectivity index (χ0v) is 22.7. The van der Waals surface area contributed by atoms with Crippen molar-refractivity contribution in [2.45, 2.75) is 17.5 Å². The van der Waals surface area contributed by atoms with Gasteiger partial charge in [0.25, 0.3) is 11.8 Å². The first-order valence-electron chi connectivity index (χ1n) is 12.1. The summed E-state index contributed by atoms with van der Waals surface area (Å²) in [5, 5.41) is 2.87. The first kappa shape index (κ1) is 28.4. The normalized spacial score (nSPS) is 14.7. The molecule has 0 aliphatic carbocycles. The summed E-state index contributed by atoms with van der Waals surface area (Å²) >= 11 is 6.26. The van der Waals surface area contributed by atoms with E-state index in [0.29, 0.717) is 18.0 Å². The number of methoxy groups -OCH3 is 1. The highest BCUT2D eigenvalue weighted by Crippen LogP contribution is 2.34. The number of nitrogens with zero attached hydrogens (tertiary/aromatic N) is 1.